The lowest BCUT2D eigenvalue weighted by molar-refractivity contribution is 0.0787. The SMILES string of the molecule is O=C(CSc1nnc(-c2cccs2)n1C[C@H]1CCCO1)c1c[nH]c(C(=O)N2CCCC2)c1. The molecule has 8 nitrogen and oxygen atoms in total. The van der Waals surface area contributed by atoms with Crippen LogP contribution in [0.3, 0.4) is 0 Å². The van der Waals surface area contributed by atoms with E-state index in [1.54, 1.807) is 23.6 Å². The van der Waals surface area contributed by atoms with Crippen molar-refractivity contribution in [1.29, 1.82) is 0 Å². The zero-order chi connectivity index (χ0) is 21.9. The summed E-state index contributed by atoms with van der Waals surface area (Å²) < 4.78 is 7.90. The quantitative estimate of drug-likeness (QED) is 0.398. The second kappa shape index (κ2) is 9.60. The number of likely N-dealkylation sites (tertiary alicyclic amines) is 1. The minimum Gasteiger partial charge on any atom is -0.376 e. The van der Waals surface area contributed by atoms with E-state index < -0.39 is 0 Å². The van der Waals surface area contributed by atoms with Crippen LogP contribution >= 0.6 is 23.1 Å². The molecule has 0 bridgehead atoms. The number of thioether (sulfide) groups is 1. The molecule has 3 aromatic rings. The van der Waals surface area contributed by atoms with E-state index >= 15 is 0 Å². The second-order valence-electron chi connectivity index (χ2n) is 8.04. The number of Topliss-reactive ketones (excluding diaryl/α,β-unsaturated/α-hetero) is 1. The molecule has 2 fully saturated rings. The molecule has 3 aromatic heterocycles. The Morgan fingerprint density at radius 1 is 1.25 bits per heavy atom. The highest BCUT2D eigenvalue weighted by molar-refractivity contribution is 7.99. The summed E-state index contributed by atoms with van der Waals surface area (Å²) in [7, 11) is 0. The topological polar surface area (TPSA) is 93.1 Å². The van der Waals surface area contributed by atoms with Crippen LogP contribution in [0.4, 0.5) is 0 Å². The maximum Gasteiger partial charge on any atom is 0.270 e. The molecule has 0 unspecified atom stereocenters. The van der Waals surface area contributed by atoms with Crippen LogP contribution in [0.1, 0.15) is 46.5 Å². The molecule has 1 N–H and O–H groups in total. The molecule has 1 amide bonds. The number of nitrogens with one attached hydrogen (secondary N) is 1. The third-order valence-corrected chi connectivity index (χ3v) is 7.66. The Morgan fingerprint density at radius 2 is 2.12 bits per heavy atom. The molecule has 2 aliphatic heterocycles. The Morgan fingerprint density at radius 3 is 2.88 bits per heavy atom. The van der Waals surface area contributed by atoms with Gasteiger partial charge in [0.1, 0.15) is 5.69 Å². The molecule has 0 spiro atoms. The number of carbonyl (C=O) groups excluding carboxylic acids is 2. The van der Waals surface area contributed by atoms with Crippen molar-refractivity contribution in [3.63, 3.8) is 0 Å². The number of hydrogen-bond donors (Lipinski definition) is 1. The van der Waals surface area contributed by atoms with Gasteiger partial charge in [0.15, 0.2) is 16.8 Å². The lowest BCUT2D eigenvalue weighted by Gasteiger charge is -2.14. The largest absolute Gasteiger partial charge is 0.376 e. The number of carbonyl (C=O) groups is 2. The van der Waals surface area contributed by atoms with E-state index in [1.807, 2.05) is 22.4 Å². The summed E-state index contributed by atoms with van der Waals surface area (Å²) in [4.78, 5) is 31.2. The summed E-state index contributed by atoms with van der Waals surface area (Å²) in [6.45, 7) is 3.03. The van der Waals surface area contributed by atoms with Gasteiger partial charge in [0.2, 0.25) is 0 Å². The molecule has 2 aliphatic rings. The molecule has 5 rings (SSSR count). The molecule has 2 saturated heterocycles. The van der Waals surface area contributed by atoms with Gasteiger partial charge in [-0.3, -0.25) is 14.2 Å². The normalized spacial score (nSPS) is 18.5. The van der Waals surface area contributed by atoms with Gasteiger partial charge >= 0.3 is 0 Å². The Labute approximate surface area is 194 Å². The predicted octanol–water partition coefficient (Wildman–Crippen LogP) is 3.72. The summed E-state index contributed by atoms with van der Waals surface area (Å²) in [6, 6.07) is 5.69. The van der Waals surface area contributed by atoms with Crippen molar-refractivity contribution in [3.8, 4) is 10.7 Å². The lowest BCUT2D eigenvalue weighted by atomic mass is 10.2. The number of aromatic nitrogens is 4. The third-order valence-electron chi connectivity index (χ3n) is 5.83. The highest BCUT2D eigenvalue weighted by Crippen LogP contribution is 2.29. The first-order valence-corrected chi connectivity index (χ1v) is 12.8. The molecule has 0 aromatic carbocycles. The molecule has 0 aliphatic carbocycles. The Hall–Kier alpha value is -2.43. The summed E-state index contributed by atoms with van der Waals surface area (Å²) in [5.74, 6) is 0.955. The zero-order valence-corrected chi connectivity index (χ0v) is 19.3. The monoisotopic (exact) mass is 471 g/mol. The number of H-pyrrole nitrogens is 1. The van der Waals surface area contributed by atoms with Crippen molar-refractivity contribution in [2.45, 2.75) is 43.5 Å². The molecule has 0 radical (unpaired) electrons. The maximum absolute atomic E-state index is 12.8. The van der Waals surface area contributed by atoms with Crippen molar-refractivity contribution in [2.75, 3.05) is 25.4 Å². The second-order valence-corrected chi connectivity index (χ2v) is 9.93. The van der Waals surface area contributed by atoms with Gasteiger partial charge in [-0.15, -0.1) is 21.5 Å². The van der Waals surface area contributed by atoms with Crippen LogP contribution in [-0.2, 0) is 11.3 Å². The Kier molecular flexibility index (Phi) is 6.42. The molecule has 0 saturated carbocycles. The van der Waals surface area contributed by atoms with Gasteiger partial charge in [-0.1, -0.05) is 17.8 Å². The van der Waals surface area contributed by atoms with Crippen LogP contribution in [0.5, 0.6) is 0 Å². The first-order chi connectivity index (χ1) is 15.7. The minimum atomic E-state index is -0.0453. The fraction of sp³-hybridized carbons (Fsp3) is 0.455. The van der Waals surface area contributed by atoms with Crippen molar-refractivity contribution < 1.29 is 14.3 Å². The fourth-order valence-corrected chi connectivity index (χ4v) is 5.68. The number of aromatic amines is 1. The summed E-state index contributed by atoms with van der Waals surface area (Å²) in [5, 5.41) is 11.5. The van der Waals surface area contributed by atoms with Gasteiger partial charge in [-0.05, 0) is 43.2 Å². The first-order valence-electron chi connectivity index (χ1n) is 10.9. The van der Waals surface area contributed by atoms with E-state index in [-0.39, 0.29) is 23.5 Å². The molecule has 32 heavy (non-hydrogen) atoms. The molecular weight excluding hydrogens is 446 g/mol. The number of nitrogens with zero attached hydrogens (tertiary/aromatic N) is 4. The average Bonchev–Trinajstić information content (AvgIpc) is 3.62. The van der Waals surface area contributed by atoms with Crippen LogP contribution in [0.25, 0.3) is 10.7 Å². The maximum atomic E-state index is 12.8. The minimum absolute atomic E-state index is 0.0360. The van der Waals surface area contributed by atoms with Crippen molar-refractivity contribution >= 4 is 34.8 Å². The van der Waals surface area contributed by atoms with E-state index in [2.05, 4.69) is 19.7 Å². The van der Waals surface area contributed by atoms with Crippen LogP contribution in [-0.4, -0.2) is 67.9 Å². The van der Waals surface area contributed by atoms with Crippen molar-refractivity contribution in [2.24, 2.45) is 0 Å². The average molecular weight is 472 g/mol. The van der Waals surface area contributed by atoms with Crippen LogP contribution in [0.2, 0.25) is 0 Å². The number of rotatable bonds is 8. The van der Waals surface area contributed by atoms with Crippen LogP contribution in [0.15, 0.2) is 34.9 Å². The van der Waals surface area contributed by atoms with Crippen LogP contribution < -0.4 is 0 Å². The Balaban J connectivity index is 1.28. The smallest absolute Gasteiger partial charge is 0.270 e. The van der Waals surface area contributed by atoms with E-state index in [0.717, 1.165) is 56.1 Å². The van der Waals surface area contributed by atoms with E-state index in [0.29, 0.717) is 23.0 Å². The highest BCUT2D eigenvalue weighted by atomic mass is 32.2. The first kappa shape index (κ1) is 21.4. The van der Waals surface area contributed by atoms with E-state index in [9.17, 15) is 9.59 Å². The molecule has 10 heteroatoms. The number of hydrogen-bond acceptors (Lipinski definition) is 7. The van der Waals surface area contributed by atoms with Crippen molar-refractivity contribution in [1.82, 2.24) is 24.6 Å². The highest BCUT2D eigenvalue weighted by Gasteiger charge is 2.24. The van der Waals surface area contributed by atoms with Gasteiger partial charge in [0.25, 0.3) is 5.91 Å². The zero-order valence-electron chi connectivity index (χ0n) is 17.7. The number of ether oxygens (including phenoxy) is 1. The van der Waals surface area contributed by atoms with Gasteiger partial charge < -0.3 is 14.6 Å². The summed E-state index contributed by atoms with van der Waals surface area (Å²) in [5.41, 5.74) is 0.991. The number of ketones is 1. The summed E-state index contributed by atoms with van der Waals surface area (Å²) in [6.07, 6.45) is 5.92. The fourth-order valence-electron chi connectivity index (χ4n) is 4.12. The predicted molar refractivity (Wildman–Crippen MR) is 123 cm³/mol. The van der Waals surface area contributed by atoms with Gasteiger partial charge in [-0.25, -0.2) is 0 Å². The molecule has 5 heterocycles. The number of amides is 1. The third kappa shape index (κ3) is 4.53. The van der Waals surface area contributed by atoms with Crippen molar-refractivity contribution in [3.05, 3.63) is 41.0 Å². The molecule has 1 atom stereocenters. The standard InChI is InChI=1S/C22H25N5O3S2/c28-18(15-11-17(23-12-15)21(29)26-7-1-2-8-26)14-32-22-25-24-20(19-6-4-10-31-19)27(22)13-16-5-3-9-30-16/h4,6,10-12,16,23H,1-3,5,7-9,13-14H2/t16-/m1/s1. The van der Waals surface area contributed by atoms with E-state index in [1.165, 1.54) is 11.8 Å². The lowest BCUT2D eigenvalue weighted by Crippen LogP contribution is -2.27. The van der Waals surface area contributed by atoms with Crippen LogP contribution in [0, 0.1) is 0 Å². The van der Waals surface area contributed by atoms with Gasteiger partial charge in [-0.2, -0.15) is 0 Å². The summed E-state index contributed by atoms with van der Waals surface area (Å²) >= 11 is 2.99. The molecule has 168 valence electrons. The van der Waals surface area contributed by atoms with E-state index in [4.69, 9.17) is 4.74 Å². The number of thiophene rings is 1. The molecular formula is C22H25N5O3S2. The van der Waals surface area contributed by atoms with Gasteiger partial charge in [0.05, 0.1) is 23.3 Å². The van der Waals surface area contributed by atoms with Gasteiger partial charge in [0, 0.05) is 31.5 Å². The Bertz CT molecular complexity index is 1080.